The molecule has 90 valence electrons. The lowest BCUT2D eigenvalue weighted by Gasteiger charge is -2.17. The quantitative estimate of drug-likeness (QED) is 0.819. The minimum absolute atomic E-state index is 0.123. The van der Waals surface area contributed by atoms with Crippen LogP contribution in [0.2, 0.25) is 0 Å². The molecule has 4 heteroatoms. The Bertz CT molecular complexity index is 538. The van der Waals surface area contributed by atoms with Crippen molar-refractivity contribution in [3.05, 3.63) is 30.0 Å². The molecular formula is C13H17N3O. The van der Waals surface area contributed by atoms with Crippen LogP contribution in [0.15, 0.2) is 22.8 Å². The number of hydrogen-bond acceptors (Lipinski definition) is 4. The molecule has 0 aliphatic heterocycles. The molecule has 0 aromatic carbocycles. The summed E-state index contributed by atoms with van der Waals surface area (Å²) in [5, 5.41) is 0. The Morgan fingerprint density at radius 2 is 1.94 bits per heavy atom. The molecule has 2 rings (SSSR count). The summed E-state index contributed by atoms with van der Waals surface area (Å²) in [5.41, 5.74) is 7.48. The summed E-state index contributed by atoms with van der Waals surface area (Å²) in [5.74, 6) is 2.07. The van der Waals surface area contributed by atoms with E-state index in [9.17, 15) is 0 Å². The molecule has 0 spiro atoms. The van der Waals surface area contributed by atoms with Gasteiger partial charge in [-0.15, -0.1) is 0 Å². The van der Waals surface area contributed by atoms with Gasteiger partial charge in [-0.2, -0.15) is 0 Å². The van der Waals surface area contributed by atoms with Crippen molar-refractivity contribution in [3.8, 4) is 11.3 Å². The van der Waals surface area contributed by atoms with Crippen molar-refractivity contribution in [2.45, 2.75) is 33.1 Å². The molecule has 0 amide bonds. The number of nitrogens with two attached hydrogens (primary N) is 1. The fraction of sp³-hybridized carbons (Fsp3) is 0.385. The zero-order chi connectivity index (χ0) is 12.6. The van der Waals surface area contributed by atoms with Gasteiger partial charge in [0, 0.05) is 17.0 Å². The molecule has 17 heavy (non-hydrogen) atoms. The number of nitrogens with zero attached hydrogens (tertiary/aromatic N) is 2. The van der Waals surface area contributed by atoms with E-state index in [0.717, 1.165) is 22.8 Å². The second-order valence-corrected chi connectivity index (χ2v) is 5.14. The minimum atomic E-state index is -0.123. The number of aromatic nitrogens is 2. The lowest BCUT2D eigenvalue weighted by molar-refractivity contribution is 0.534. The van der Waals surface area contributed by atoms with Gasteiger partial charge >= 0.3 is 0 Å². The third-order valence-electron chi connectivity index (χ3n) is 2.55. The van der Waals surface area contributed by atoms with E-state index in [4.69, 9.17) is 10.2 Å². The first-order valence-corrected chi connectivity index (χ1v) is 5.57. The third-order valence-corrected chi connectivity index (χ3v) is 2.55. The van der Waals surface area contributed by atoms with Crippen LogP contribution in [0.25, 0.3) is 11.3 Å². The molecule has 0 bridgehead atoms. The molecule has 0 aliphatic rings. The van der Waals surface area contributed by atoms with Crippen molar-refractivity contribution < 1.29 is 4.42 Å². The van der Waals surface area contributed by atoms with E-state index in [-0.39, 0.29) is 5.41 Å². The van der Waals surface area contributed by atoms with Crippen LogP contribution in [0.3, 0.4) is 0 Å². The predicted molar refractivity (Wildman–Crippen MR) is 67.6 cm³/mol. The van der Waals surface area contributed by atoms with E-state index >= 15 is 0 Å². The topological polar surface area (TPSA) is 64.9 Å². The van der Waals surface area contributed by atoms with Crippen molar-refractivity contribution in [1.29, 1.82) is 0 Å². The summed E-state index contributed by atoms with van der Waals surface area (Å²) in [7, 11) is 0. The molecule has 4 nitrogen and oxygen atoms in total. The monoisotopic (exact) mass is 231 g/mol. The van der Waals surface area contributed by atoms with E-state index in [1.165, 1.54) is 0 Å². The van der Waals surface area contributed by atoms with Crippen LogP contribution in [-0.2, 0) is 5.41 Å². The second kappa shape index (κ2) is 3.87. The van der Waals surface area contributed by atoms with Gasteiger partial charge in [-0.1, -0.05) is 20.8 Å². The Morgan fingerprint density at radius 3 is 2.47 bits per heavy atom. The van der Waals surface area contributed by atoms with Gasteiger partial charge in [-0.25, -0.2) is 9.97 Å². The fourth-order valence-corrected chi connectivity index (χ4v) is 1.59. The van der Waals surface area contributed by atoms with Crippen molar-refractivity contribution in [1.82, 2.24) is 9.97 Å². The molecule has 2 aromatic rings. The van der Waals surface area contributed by atoms with E-state index < -0.39 is 0 Å². The van der Waals surface area contributed by atoms with Gasteiger partial charge in [0.05, 0.1) is 12.0 Å². The number of anilines is 1. The van der Waals surface area contributed by atoms with Crippen LogP contribution in [0.1, 0.15) is 32.4 Å². The number of furan rings is 1. The summed E-state index contributed by atoms with van der Waals surface area (Å²) < 4.78 is 5.28. The molecule has 2 aromatic heterocycles. The van der Waals surface area contributed by atoms with Crippen molar-refractivity contribution >= 4 is 5.82 Å². The summed E-state index contributed by atoms with van der Waals surface area (Å²) in [6.07, 6.45) is 1.65. The number of aryl methyl sites for hydroxylation is 1. The normalized spacial score (nSPS) is 11.8. The maximum atomic E-state index is 5.83. The molecule has 0 saturated carbocycles. The smallest absolute Gasteiger partial charge is 0.136 e. The van der Waals surface area contributed by atoms with Gasteiger partial charge in [0.25, 0.3) is 0 Å². The predicted octanol–water partition coefficient (Wildman–Crippen LogP) is 2.92. The summed E-state index contributed by atoms with van der Waals surface area (Å²) in [6, 6.07) is 3.66. The van der Waals surface area contributed by atoms with E-state index in [2.05, 4.69) is 30.7 Å². The Kier molecular flexibility index (Phi) is 2.65. The highest BCUT2D eigenvalue weighted by Crippen LogP contribution is 2.26. The number of hydrogen-bond donors (Lipinski definition) is 1. The zero-order valence-electron chi connectivity index (χ0n) is 10.6. The lowest BCUT2D eigenvalue weighted by atomic mass is 9.95. The standard InChI is InChI=1S/C13H17N3O/c1-8-9(5-6-17-8)10-7-11(14)16-12(15-10)13(2,3)4/h5-7H,1-4H3,(H2,14,15,16). The van der Waals surface area contributed by atoms with E-state index in [0.29, 0.717) is 5.82 Å². The Balaban J connectivity index is 2.57. The van der Waals surface area contributed by atoms with Crippen LogP contribution >= 0.6 is 0 Å². The van der Waals surface area contributed by atoms with Gasteiger partial charge < -0.3 is 10.2 Å². The van der Waals surface area contributed by atoms with Gasteiger partial charge in [-0.05, 0) is 13.0 Å². The van der Waals surface area contributed by atoms with Crippen molar-refractivity contribution in [3.63, 3.8) is 0 Å². The highest BCUT2D eigenvalue weighted by Gasteiger charge is 2.19. The summed E-state index contributed by atoms with van der Waals surface area (Å²) in [4.78, 5) is 8.84. The molecule has 0 radical (unpaired) electrons. The lowest BCUT2D eigenvalue weighted by Crippen LogP contribution is -2.17. The van der Waals surface area contributed by atoms with Crippen LogP contribution < -0.4 is 5.73 Å². The maximum absolute atomic E-state index is 5.83. The molecule has 0 unspecified atom stereocenters. The zero-order valence-corrected chi connectivity index (χ0v) is 10.6. The van der Waals surface area contributed by atoms with Crippen LogP contribution in [0.5, 0.6) is 0 Å². The Hall–Kier alpha value is -1.84. The maximum Gasteiger partial charge on any atom is 0.136 e. The molecular weight excluding hydrogens is 214 g/mol. The van der Waals surface area contributed by atoms with Gasteiger partial charge in [0.1, 0.15) is 17.4 Å². The molecule has 2 heterocycles. The minimum Gasteiger partial charge on any atom is -0.469 e. The summed E-state index contributed by atoms with van der Waals surface area (Å²) >= 11 is 0. The highest BCUT2D eigenvalue weighted by molar-refractivity contribution is 5.63. The van der Waals surface area contributed by atoms with Crippen LogP contribution in [0, 0.1) is 6.92 Å². The first kappa shape index (κ1) is 11.6. The van der Waals surface area contributed by atoms with Gasteiger partial charge in [-0.3, -0.25) is 0 Å². The Labute approximate surface area is 101 Å². The largest absolute Gasteiger partial charge is 0.469 e. The number of rotatable bonds is 1. The van der Waals surface area contributed by atoms with Crippen LogP contribution in [0.4, 0.5) is 5.82 Å². The molecule has 0 fully saturated rings. The van der Waals surface area contributed by atoms with Crippen LogP contribution in [-0.4, -0.2) is 9.97 Å². The van der Waals surface area contributed by atoms with Crippen molar-refractivity contribution in [2.75, 3.05) is 5.73 Å². The fourth-order valence-electron chi connectivity index (χ4n) is 1.59. The Morgan fingerprint density at radius 1 is 1.24 bits per heavy atom. The number of nitrogen functional groups attached to an aromatic ring is 1. The molecule has 0 saturated heterocycles. The van der Waals surface area contributed by atoms with E-state index in [1.54, 1.807) is 12.3 Å². The van der Waals surface area contributed by atoms with Gasteiger partial charge in [0.15, 0.2) is 0 Å². The second-order valence-electron chi connectivity index (χ2n) is 5.14. The average Bonchev–Trinajstić information content (AvgIpc) is 2.62. The van der Waals surface area contributed by atoms with E-state index in [1.807, 2.05) is 13.0 Å². The summed E-state index contributed by atoms with van der Waals surface area (Å²) in [6.45, 7) is 8.10. The molecule has 0 aliphatic carbocycles. The highest BCUT2D eigenvalue weighted by atomic mass is 16.3. The first-order chi connectivity index (χ1) is 7.88. The average molecular weight is 231 g/mol. The molecule has 0 atom stereocenters. The van der Waals surface area contributed by atoms with Crippen molar-refractivity contribution in [2.24, 2.45) is 0 Å². The third kappa shape index (κ3) is 2.30. The first-order valence-electron chi connectivity index (χ1n) is 5.57. The van der Waals surface area contributed by atoms with Gasteiger partial charge in [0.2, 0.25) is 0 Å². The molecule has 2 N–H and O–H groups in total. The SMILES string of the molecule is Cc1occc1-c1cc(N)nc(C(C)(C)C)n1.